The van der Waals surface area contributed by atoms with Crippen LogP contribution in [0.1, 0.15) is 32.3 Å². The Morgan fingerprint density at radius 2 is 1.97 bits per heavy atom. The van der Waals surface area contributed by atoms with Crippen LogP contribution in [0.5, 0.6) is 0 Å². The molecule has 1 aromatic carbocycles. The topological polar surface area (TPSA) is 96.0 Å². The number of piperidine rings is 1. The summed E-state index contributed by atoms with van der Waals surface area (Å²) in [6.07, 6.45) is 4.44. The van der Waals surface area contributed by atoms with Crippen molar-refractivity contribution < 1.29 is 23.9 Å². The molecular weight excluding hydrogens is 398 g/mol. The zero-order chi connectivity index (χ0) is 22.8. The third-order valence-electron chi connectivity index (χ3n) is 5.10. The van der Waals surface area contributed by atoms with Crippen molar-refractivity contribution in [2.24, 2.45) is 5.92 Å². The summed E-state index contributed by atoms with van der Waals surface area (Å²) in [6, 6.07) is 8.57. The maximum atomic E-state index is 12.6. The lowest BCUT2D eigenvalue weighted by molar-refractivity contribution is -0.152. The summed E-state index contributed by atoms with van der Waals surface area (Å²) in [4.78, 5) is 52.1. The second-order valence-corrected chi connectivity index (χ2v) is 7.60. The highest BCUT2D eigenvalue weighted by Crippen LogP contribution is 2.18. The zero-order valence-electron chi connectivity index (χ0n) is 18.4. The molecule has 1 N–H and O–H groups in total. The summed E-state index contributed by atoms with van der Waals surface area (Å²) < 4.78 is 5.06. The van der Waals surface area contributed by atoms with Crippen LogP contribution < -0.4 is 5.32 Å². The van der Waals surface area contributed by atoms with Gasteiger partial charge in [0.15, 0.2) is 0 Å². The smallest absolute Gasteiger partial charge is 0.310 e. The van der Waals surface area contributed by atoms with Crippen molar-refractivity contribution in [3.63, 3.8) is 0 Å². The number of nitrogens with zero attached hydrogens (tertiary/aromatic N) is 2. The molecule has 0 aromatic heterocycles. The Bertz CT molecular complexity index is 809. The first-order valence-corrected chi connectivity index (χ1v) is 10.5. The van der Waals surface area contributed by atoms with E-state index in [-0.39, 0.29) is 30.2 Å². The SMILES string of the molecule is CCOC(=O)C1CCCN(C(=O)CN(C)C(=O)C(C)NC(=O)/C=C/c2ccccc2)C1. The quantitative estimate of drug-likeness (QED) is 0.499. The number of likely N-dealkylation sites (N-methyl/N-ethyl adjacent to an activating group) is 1. The van der Waals surface area contributed by atoms with Gasteiger partial charge in [-0.1, -0.05) is 30.3 Å². The van der Waals surface area contributed by atoms with Crippen LogP contribution in [0.4, 0.5) is 0 Å². The number of ether oxygens (including phenoxy) is 1. The Morgan fingerprint density at radius 1 is 1.26 bits per heavy atom. The molecule has 0 aliphatic carbocycles. The fourth-order valence-electron chi connectivity index (χ4n) is 3.43. The minimum Gasteiger partial charge on any atom is -0.466 e. The van der Waals surface area contributed by atoms with Crippen LogP contribution in [-0.4, -0.2) is 72.8 Å². The molecule has 0 saturated carbocycles. The molecule has 0 radical (unpaired) electrons. The van der Waals surface area contributed by atoms with E-state index in [0.717, 1.165) is 5.56 Å². The van der Waals surface area contributed by atoms with E-state index in [4.69, 9.17) is 4.74 Å². The first kappa shape index (κ1) is 24.1. The first-order chi connectivity index (χ1) is 14.8. The second kappa shape index (κ2) is 11.9. The predicted octanol–water partition coefficient (Wildman–Crippen LogP) is 1.46. The normalized spacial score (nSPS) is 17.1. The highest BCUT2D eigenvalue weighted by molar-refractivity contribution is 5.96. The van der Waals surface area contributed by atoms with Crippen LogP contribution in [0.3, 0.4) is 0 Å². The van der Waals surface area contributed by atoms with Crippen LogP contribution in [0.15, 0.2) is 36.4 Å². The highest BCUT2D eigenvalue weighted by atomic mass is 16.5. The summed E-state index contributed by atoms with van der Waals surface area (Å²) in [5, 5.41) is 2.62. The van der Waals surface area contributed by atoms with E-state index in [1.807, 2.05) is 30.3 Å². The number of rotatable bonds is 8. The van der Waals surface area contributed by atoms with Gasteiger partial charge < -0.3 is 19.9 Å². The Morgan fingerprint density at radius 3 is 2.65 bits per heavy atom. The van der Waals surface area contributed by atoms with Crippen LogP contribution in [-0.2, 0) is 23.9 Å². The Kier molecular flexibility index (Phi) is 9.24. The highest BCUT2D eigenvalue weighted by Gasteiger charge is 2.30. The standard InChI is InChI=1S/C23H31N3O5/c1-4-31-23(30)19-11-8-14-26(15-19)21(28)16-25(3)22(29)17(2)24-20(27)13-12-18-9-6-5-7-10-18/h5-7,9-10,12-13,17,19H,4,8,11,14-16H2,1-3H3,(H,24,27)/b13-12+. The molecule has 1 aromatic rings. The second-order valence-electron chi connectivity index (χ2n) is 7.60. The molecule has 1 heterocycles. The van der Waals surface area contributed by atoms with Gasteiger partial charge in [0.1, 0.15) is 6.04 Å². The number of carbonyl (C=O) groups excluding carboxylic acids is 4. The van der Waals surface area contributed by atoms with Crippen molar-refractivity contribution in [3.8, 4) is 0 Å². The van der Waals surface area contributed by atoms with Crippen LogP contribution in [0, 0.1) is 5.92 Å². The number of amides is 3. The molecule has 0 spiro atoms. The molecule has 1 fully saturated rings. The van der Waals surface area contributed by atoms with Crippen LogP contribution in [0.2, 0.25) is 0 Å². The van der Waals surface area contributed by atoms with Gasteiger partial charge in [-0.3, -0.25) is 19.2 Å². The van der Waals surface area contributed by atoms with Gasteiger partial charge in [-0.2, -0.15) is 0 Å². The maximum Gasteiger partial charge on any atom is 0.310 e. The first-order valence-electron chi connectivity index (χ1n) is 10.5. The minimum absolute atomic E-state index is 0.117. The van der Waals surface area contributed by atoms with E-state index in [9.17, 15) is 19.2 Å². The molecule has 0 bridgehead atoms. The van der Waals surface area contributed by atoms with Crippen molar-refractivity contribution in [1.29, 1.82) is 0 Å². The van der Waals surface area contributed by atoms with Crippen molar-refractivity contribution in [2.45, 2.75) is 32.7 Å². The van der Waals surface area contributed by atoms with Crippen molar-refractivity contribution in [1.82, 2.24) is 15.1 Å². The molecule has 1 aliphatic rings. The van der Waals surface area contributed by atoms with Gasteiger partial charge in [-0.15, -0.1) is 0 Å². The number of likely N-dealkylation sites (tertiary alicyclic amines) is 1. The van der Waals surface area contributed by atoms with E-state index >= 15 is 0 Å². The van der Waals surface area contributed by atoms with E-state index in [1.54, 1.807) is 24.8 Å². The molecule has 1 aliphatic heterocycles. The number of carbonyl (C=O) groups is 4. The molecule has 1 saturated heterocycles. The molecule has 2 atom stereocenters. The van der Waals surface area contributed by atoms with E-state index in [0.29, 0.717) is 32.5 Å². The van der Waals surface area contributed by atoms with Crippen molar-refractivity contribution >= 4 is 29.8 Å². The fraction of sp³-hybridized carbons (Fsp3) is 0.478. The van der Waals surface area contributed by atoms with Crippen molar-refractivity contribution in [3.05, 3.63) is 42.0 Å². The molecule has 3 amide bonds. The number of benzene rings is 1. The Balaban J connectivity index is 1.83. The predicted molar refractivity (Wildman–Crippen MR) is 117 cm³/mol. The van der Waals surface area contributed by atoms with E-state index in [2.05, 4.69) is 5.32 Å². The average Bonchev–Trinajstić information content (AvgIpc) is 2.78. The molecule has 31 heavy (non-hydrogen) atoms. The van der Waals surface area contributed by atoms with Crippen LogP contribution >= 0.6 is 0 Å². The molecular formula is C23H31N3O5. The van der Waals surface area contributed by atoms with E-state index in [1.165, 1.54) is 18.0 Å². The Hall–Kier alpha value is -3.16. The summed E-state index contributed by atoms with van der Waals surface area (Å²) in [5.74, 6) is -1.60. The van der Waals surface area contributed by atoms with Gasteiger partial charge in [-0.05, 0) is 38.3 Å². The summed E-state index contributed by atoms with van der Waals surface area (Å²) >= 11 is 0. The largest absolute Gasteiger partial charge is 0.466 e. The maximum absolute atomic E-state index is 12.6. The fourth-order valence-corrected chi connectivity index (χ4v) is 3.43. The summed E-state index contributed by atoms with van der Waals surface area (Å²) in [6.45, 7) is 4.37. The molecule has 168 valence electrons. The third kappa shape index (κ3) is 7.55. The van der Waals surface area contributed by atoms with Gasteiger partial charge in [0, 0.05) is 26.2 Å². The van der Waals surface area contributed by atoms with Gasteiger partial charge in [0.25, 0.3) is 0 Å². The average molecular weight is 430 g/mol. The zero-order valence-corrected chi connectivity index (χ0v) is 18.4. The lowest BCUT2D eigenvalue weighted by Crippen LogP contribution is -2.50. The van der Waals surface area contributed by atoms with Crippen molar-refractivity contribution in [2.75, 3.05) is 33.3 Å². The molecule has 8 nitrogen and oxygen atoms in total. The van der Waals surface area contributed by atoms with Gasteiger partial charge >= 0.3 is 5.97 Å². The Labute approximate surface area is 183 Å². The number of nitrogens with one attached hydrogen (secondary N) is 1. The third-order valence-corrected chi connectivity index (χ3v) is 5.10. The number of hydrogen-bond acceptors (Lipinski definition) is 5. The lowest BCUT2D eigenvalue weighted by atomic mass is 9.98. The minimum atomic E-state index is -0.778. The van der Waals surface area contributed by atoms with Crippen LogP contribution in [0.25, 0.3) is 6.08 Å². The molecule has 2 rings (SSSR count). The monoisotopic (exact) mass is 429 g/mol. The molecule has 2 unspecified atom stereocenters. The van der Waals surface area contributed by atoms with E-state index < -0.39 is 11.9 Å². The lowest BCUT2D eigenvalue weighted by Gasteiger charge is -2.33. The van der Waals surface area contributed by atoms with Gasteiger partial charge in [0.05, 0.1) is 19.1 Å². The number of hydrogen-bond donors (Lipinski definition) is 1. The van der Waals surface area contributed by atoms with Gasteiger partial charge in [0.2, 0.25) is 17.7 Å². The number of esters is 1. The molecule has 8 heteroatoms. The van der Waals surface area contributed by atoms with Gasteiger partial charge in [-0.25, -0.2) is 0 Å². The summed E-state index contributed by atoms with van der Waals surface area (Å²) in [7, 11) is 1.52. The summed E-state index contributed by atoms with van der Waals surface area (Å²) in [5.41, 5.74) is 0.877.